The highest BCUT2D eigenvalue weighted by Crippen LogP contribution is 2.22. The first-order valence-corrected chi connectivity index (χ1v) is 8.69. The molecule has 3 rings (SSSR count). The molecule has 2 aromatic heterocycles. The Kier molecular flexibility index (Phi) is 5.63. The van der Waals surface area contributed by atoms with Gasteiger partial charge in [-0.1, -0.05) is 6.07 Å². The van der Waals surface area contributed by atoms with Crippen molar-refractivity contribution in [2.75, 3.05) is 37.7 Å². The average Bonchev–Trinajstić information content (AvgIpc) is 3.05. The van der Waals surface area contributed by atoms with Gasteiger partial charge < -0.3 is 15.0 Å². The maximum Gasteiger partial charge on any atom is 0.231 e. The van der Waals surface area contributed by atoms with Crippen LogP contribution in [0.2, 0.25) is 0 Å². The summed E-state index contributed by atoms with van der Waals surface area (Å²) in [5, 5.41) is 11.5. The second-order valence-corrected chi connectivity index (χ2v) is 6.03. The third-order valence-corrected chi connectivity index (χ3v) is 4.41. The van der Waals surface area contributed by atoms with Crippen LogP contribution in [0, 0.1) is 5.92 Å². The highest BCUT2D eigenvalue weighted by molar-refractivity contribution is 5.78. The third kappa shape index (κ3) is 3.84. The molecule has 0 aromatic carbocycles. The van der Waals surface area contributed by atoms with Crippen molar-refractivity contribution in [2.45, 2.75) is 26.2 Å². The number of piperidine rings is 1. The summed E-state index contributed by atoms with van der Waals surface area (Å²) >= 11 is 0. The first kappa shape index (κ1) is 16.7. The molecule has 7 nitrogen and oxygen atoms in total. The summed E-state index contributed by atoms with van der Waals surface area (Å²) in [6.45, 7) is 5.75. The van der Waals surface area contributed by atoms with E-state index in [2.05, 4.69) is 20.4 Å². The molecule has 0 spiro atoms. The summed E-state index contributed by atoms with van der Waals surface area (Å²) in [5.74, 6) is 1.12. The van der Waals surface area contributed by atoms with Gasteiger partial charge in [-0.05, 0) is 38.3 Å². The van der Waals surface area contributed by atoms with Crippen LogP contribution in [-0.2, 0) is 9.53 Å². The number of nitrogens with zero attached hydrogens (tertiary/aromatic N) is 4. The van der Waals surface area contributed by atoms with Crippen LogP contribution in [0.5, 0.6) is 0 Å². The number of carbonyl (C=O) groups excluding carboxylic acids is 1. The molecule has 0 unspecified atom stereocenters. The monoisotopic (exact) mass is 331 g/mol. The van der Waals surface area contributed by atoms with E-state index in [4.69, 9.17) is 4.74 Å². The molecule has 1 aliphatic rings. The summed E-state index contributed by atoms with van der Waals surface area (Å²) in [6, 6.07) is 5.87. The van der Waals surface area contributed by atoms with Crippen molar-refractivity contribution in [3.63, 3.8) is 0 Å². The zero-order chi connectivity index (χ0) is 16.8. The van der Waals surface area contributed by atoms with Crippen molar-refractivity contribution in [2.24, 2.45) is 5.92 Å². The van der Waals surface area contributed by atoms with E-state index >= 15 is 0 Å². The molecular formula is C17H25N5O2. The van der Waals surface area contributed by atoms with E-state index in [-0.39, 0.29) is 11.8 Å². The van der Waals surface area contributed by atoms with Crippen LogP contribution in [0.15, 0.2) is 24.4 Å². The van der Waals surface area contributed by atoms with E-state index < -0.39 is 0 Å². The van der Waals surface area contributed by atoms with Crippen LogP contribution in [0.1, 0.15) is 26.2 Å². The largest absolute Gasteiger partial charge is 0.382 e. The molecule has 0 atom stereocenters. The van der Waals surface area contributed by atoms with Crippen LogP contribution in [-0.4, -0.2) is 53.4 Å². The molecule has 1 fully saturated rings. The van der Waals surface area contributed by atoms with Gasteiger partial charge in [-0.2, -0.15) is 0 Å². The molecule has 1 aliphatic heterocycles. The number of anilines is 1. The zero-order valence-electron chi connectivity index (χ0n) is 14.1. The number of carbonyl (C=O) groups is 1. The first-order chi connectivity index (χ1) is 11.8. The molecule has 1 saturated heterocycles. The Morgan fingerprint density at radius 3 is 2.96 bits per heavy atom. The molecule has 3 heterocycles. The number of ether oxygens (including phenoxy) is 1. The lowest BCUT2D eigenvalue weighted by Gasteiger charge is -2.31. The Bertz CT molecular complexity index is 664. The standard InChI is InChI=1S/C17H25N5O2/c1-2-24-13-5-9-18-16(23)14-7-11-21(12-8-14)17-20-19-15-6-3-4-10-22(15)17/h3-4,6,10,14H,2,5,7-9,11-13H2,1H3,(H,18,23). The first-order valence-electron chi connectivity index (χ1n) is 8.69. The fourth-order valence-electron chi connectivity index (χ4n) is 3.06. The third-order valence-electron chi connectivity index (χ3n) is 4.41. The Balaban J connectivity index is 1.48. The lowest BCUT2D eigenvalue weighted by molar-refractivity contribution is -0.125. The fraction of sp³-hybridized carbons (Fsp3) is 0.588. The molecule has 0 saturated carbocycles. The molecule has 1 N–H and O–H groups in total. The van der Waals surface area contributed by atoms with Crippen molar-refractivity contribution in [1.29, 1.82) is 0 Å². The number of fused-ring (bicyclic) bond motifs is 1. The molecule has 0 radical (unpaired) electrons. The normalized spacial score (nSPS) is 15.8. The minimum absolute atomic E-state index is 0.0903. The van der Waals surface area contributed by atoms with Gasteiger partial charge in [0.1, 0.15) is 0 Å². The summed E-state index contributed by atoms with van der Waals surface area (Å²) in [7, 11) is 0. The smallest absolute Gasteiger partial charge is 0.231 e. The molecule has 130 valence electrons. The summed E-state index contributed by atoms with van der Waals surface area (Å²) in [5.41, 5.74) is 0.849. The number of pyridine rings is 1. The van der Waals surface area contributed by atoms with Gasteiger partial charge in [-0.3, -0.25) is 9.20 Å². The Morgan fingerprint density at radius 1 is 1.33 bits per heavy atom. The lowest BCUT2D eigenvalue weighted by atomic mass is 9.96. The second-order valence-electron chi connectivity index (χ2n) is 6.03. The number of hydrogen-bond acceptors (Lipinski definition) is 5. The summed E-state index contributed by atoms with van der Waals surface area (Å²) < 4.78 is 7.27. The lowest BCUT2D eigenvalue weighted by Crippen LogP contribution is -2.41. The van der Waals surface area contributed by atoms with E-state index in [1.54, 1.807) is 0 Å². The Hall–Kier alpha value is -2.15. The topological polar surface area (TPSA) is 71.8 Å². The molecule has 24 heavy (non-hydrogen) atoms. The van der Waals surface area contributed by atoms with Crippen LogP contribution in [0.3, 0.4) is 0 Å². The van der Waals surface area contributed by atoms with Gasteiger partial charge >= 0.3 is 0 Å². The maximum absolute atomic E-state index is 12.2. The SMILES string of the molecule is CCOCCCNC(=O)C1CCN(c2nnc3ccccn23)CC1. The van der Waals surface area contributed by atoms with E-state index in [1.807, 2.05) is 35.7 Å². The average molecular weight is 331 g/mol. The maximum atomic E-state index is 12.2. The molecule has 0 aliphatic carbocycles. The van der Waals surface area contributed by atoms with Crippen molar-refractivity contribution >= 4 is 17.5 Å². The van der Waals surface area contributed by atoms with Gasteiger partial charge in [0, 0.05) is 45.0 Å². The second kappa shape index (κ2) is 8.10. The summed E-state index contributed by atoms with van der Waals surface area (Å²) in [4.78, 5) is 14.4. The predicted octanol–water partition coefficient (Wildman–Crippen LogP) is 1.49. The van der Waals surface area contributed by atoms with Gasteiger partial charge in [0.2, 0.25) is 11.9 Å². The van der Waals surface area contributed by atoms with Crippen molar-refractivity contribution in [3.05, 3.63) is 24.4 Å². The minimum atomic E-state index is 0.0903. The Morgan fingerprint density at radius 2 is 2.17 bits per heavy atom. The van der Waals surface area contributed by atoms with E-state index in [9.17, 15) is 4.79 Å². The highest BCUT2D eigenvalue weighted by atomic mass is 16.5. The van der Waals surface area contributed by atoms with Crippen molar-refractivity contribution in [3.8, 4) is 0 Å². The molecular weight excluding hydrogens is 306 g/mol. The van der Waals surface area contributed by atoms with E-state index in [1.165, 1.54) is 0 Å². The molecule has 2 aromatic rings. The van der Waals surface area contributed by atoms with Gasteiger partial charge in [0.15, 0.2) is 5.65 Å². The van der Waals surface area contributed by atoms with Gasteiger partial charge in [-0.15, -0.1) is 10.2 Å². The van der Waals surface area contributed by atoms with Crippen LogP contribution in [0.25, 0.3) is 5.65 Å². The number of nitrogens with one attached hydrogen (secondary N) is 1. The van der Waals surface area contributed by atoms with E-state index in [0.29, 0.717) is 13.2 Å². The predicted molar refractivity (Wildman–Crippen MR) is 92.0 cm³/mol. The Labute approximate surface area is 142 Å². The van der Waals surface area contributed by atoms with Gasteiger partial charge in [-0.25, -0.2) is 0 Å². The molecule has 7 heteroatoms. The summed E-state index contributed by atoms with van der Waals surface area (Å²) in [6.07, 6.45) is 4.53. The number of aromatic nitrogens is 3. The minimum Gasteiger partial charge on any atom is -0.382 e. The molecule has 1 amide bonds. The highest BCUT2D eigenvalue weighted by Gasteiger charge is 2.26. The van der Waals surface area contributed by atoms with Crippen molar-refractivity contribution in [1.82, 2.24) is 19.9 Å². The fourth-order valence-corrected chi connectivity index (χ4v) is 3.06. The zero-order valence-corrected chi connectivity index (χ0v) is 14.1. The van der Waals surface area contributed by atoms with E-state index in [0.717, 1.165) is 50.6 Å². The molecule has 0 bridgehead atoms. The number of amides is 1. The van der Waals surface area contributed by atoms with Crippen LogP contribution >= 0.6 is 0 Å². The van der Waals surface area contributed by atoms with Gasteiger partial charge in [0.05, 0.1) is 0 Å². The van der Waals surface area contributed by atoms with Crippen LogP contribution < -0.4 is 10.2 Å². The van der Waals surface area contributed by atoms with Crippen LogP contribution in [0.4, 0.5) is 5.95 Å². The van der Waals surface area contributed by atoms with Crippen molar-refractivity contribution < 1.29 is 9.53 Å². The van der Waals surface area contributed by atoms with Gasteiger partial charge in [0.25, 0.3) is 0 Å². The quantitative estimate of drug-likeness (QED) is 0.778. The number of rotatable bonds is 7. The number of hydrogen-bond donors (Lipinski definition) is 1.